The van der Waals surface area contributed by atoms with Crippen LogP contribution in [0.5, 0.6) is 5.75 Å². The van der Waals surface area contributed by atoms with Crippen molar-refractivity contribution in [2.75, 3.05) is 46.2 Å². The van der Waals surface area contributed by atoms with Crippen LogP contribution in [0.3, 0.4) is 0 Å². The van der Waals surface area contributed by atoms with E-state index < -0.39 is 18.2 Å². The number of carbonyl (C=O) groups is 4. The fraction of sp³-hybridized carbons (Fsp3) is 0.756. The fourth-order valence-corrected chi connectivity index (χ4v) is 9.34. The Labute approximate surface area is 324 Å². The molecule has 12 heteroatoms. The average molecular weight is 762 g/mol. The third kappa shape index (κ3) is 12.9. The second kappa shape index (κ2) is 20.7. The Morgan fingerprint density at radius 2 is 1.66 bits per heavy atom. The zero-order valence-corrected chi connectivity index (χ0v) is 36.0. The Morgan fingerprint density at radius 1 is 1.02 bits per heavy atom. The Bertz CT molecular complexity index is 1340. The van der Waals surface area contributed by atoms with Crippen molar-refractivity contribution in [1.82, 2.24) is 20.0 Å². The molecule has 0 aromatic heterocycles. The number of amides is 4. The fourth-order valence-electron chi connectivity index (χ4n) is 7.77. The van der Waals surface area contributed by atoms with Gasteiger partial charge in [-0.15, -0.1) is 11.8 Å². The molecule has 53 heavy (non-hydrogen) atoms. The van der Waals surface area contributed by atoms with Crippen molar-refractivity contribution in [3.8, 4) is 5.75 Å². The van der Waals surface area contributed by atoms with Gasteiger partial charge in [-0.1, -0.05) is 74.8 Å². The van der Waals surface area contributed by atoms with Gasteiger partial charge in [-0.05, 0) is 63.7 Å². The second-order valence-corrected chi connectivity index (χ2v) is 18.7. The number of phenols is 1. The molecule has 1 aliphatic rings. The summed E-state index contributed by atoms with van der Waals surface area (Å²) in [7, 11) is 7.09. The number of ether oxygens (including phenoxy) is 1. The number of hydrogen-bond acceptors (Lipinski definition) is 8. The highest BCUT2D eigenvalue weighted by Crippen LogP contribution is 2.38. The number of thioether (sulfide) groups is 1. The third-order valence-electron chi connectivity index (χ3n) is 10.5. The van der Waals surface area contributed by atoms with E-state index in [1.54, 1.807) is 53.9 Å². The summed E-state index contributed by atoms with van der Waals surface area (Å²) in [6.45, 7) is 21.3. The van der Waals surface area contributed by atoms with Gasteiger partial charge in [0, 0.05) is 61.5 Å². The van der Waals surface area contributed by atoms with Crippen LogP contribution in [-0.4, -0.2) is 125 Å². The van der Waals surface area contributed by atoms with Crippen LogP contribution in [0.15, 0.2) is 24.3 Å². The smallest absolute Gasteiger partial charge is 0.245 e. The lowest BCUT2D eigenvalue weighted by Gasteiger charge is -2.41. The maximum absolute atomic E-state index is 14.4. The van der Waals surface area contributed by atoms with E-state index in [0.29, 0.717) is 18.8 Å². The molecule has 11 nitrogen and oxygen atoms in total. The molecule has 0 spiro atoms. The van der Waals surface area contributed by atoms with Crippen molar-refractivity contribution in [2.24, 2.45) is 17.8 Å². The summed E-state index contributed by atoms with van der Waals surface area (Å²) in [5, 5.41) is 13.0. The van der Waals surface area contributed by atoms with Gasteiger partial charge in [-0.3, -0.25) is 24.1 Å². The summed E-state index contributed by atoms with van der Waals surface area (Å²) in [5.41, 5.74) is 0.644. The molecule has 1 saturated heterocycles. The van der Waals surface area contributed by atoms with E-state index in [1.807, 2.05) is 64.6 Å². The highest BCUT2D eigenvalue weighted by molar-refractivity contribution is 8.01. The summed E-state index contributed by atoms with van der Waals surface area (Å²) in [6.07, 6.45) is 2.12. The van der Waals surface area contributed by atoms with Gasteiger partial charge in [0.15, 0.2) is 0 Å². The van der Waals surface area contributed by atoms with E-state index in [0.717, 1.165) is 19.3 Å². The van der Waals surface area contributed by atoms with E-state index in [4.69, 9.17) is 4.74 Å². The van der Waals surface area contributed by atoms with Gasteiger partial charge >= 0.3 is 0 Å². The number of likely N-dealkylation sites (tertiary alicyclic amines) is 1. The zero-order chi connectivity index (χ0) is 40.4. The standard InChI is InChI=1S/C41H71N5O6S/c1-15-28(7)38(44(13)40(51)36(26(3)4)42-39(50)37(27(5)6)43(11)12)32(52-14)24-34(48)46-22-18-21-31(46)33(53-41(8,9)10)25-35(49)45(16-2)29-19-17-20-30(47)23-29/h17,19-20,23,26-28,31-33,36-38,47H,15-16,18,21-22,24-25H2,1-14H3,(H,42,50). The van der Waals surface area contributed by atoms with Gasteiger partial charge in [0.2, 0.25) is 23.6 Å². The third-order valence-corrected chi connectivity index (χ3v) is 11.9. The van der Waals surface area contributed by atoms with E-state index in [1.165, 1.54) is 0 Å². The maximum atomic E-state index is 14.4. The monoisotopic (exact) mass is 762 g/mol. The Hall–Kier alpha value is -2.83. The topological polar surface area (TPSA) is 123 Å². The Morgan fingerprint density at radius 3 is 2.15 bits per heavy atom. The first kappa shape index (κ1) is 46.3. The van der Waals surface area contributed by atoms with E-state index in [9.17, 15) is 24.3 Å². The van der Waals surface area contributed by atoms with Crippen LogP contribution in [0.4, 0.5) is 5.69 Å². The lowest BCUT2D eigenvalue weighted by atomic mass is 9.89. The molecule has 0 aliphatic carbocycles. The number of rotatable bonds is 19. The molecule has 7 unspecified atom stereocenters. The predicted octanol–water partition coefficient (Wildman–Crippen LogP) is 6.03. The van der Waals surface area contributed by atoms with Crippen molar-refractivity contribution >= 4 is 41.1 Å². The molecule has 0 saturated carbocycles. The predicted molar refractivity (Wildman–Crippen MR) is 217 cm³/mol. The Kier molecular flexibility index (Phi) is 18.1. The molecule has 1 aliphatic heterocycles. The van der Waals surface area contributed by atoms with Gasteiger partial charge < -0.3 is 29.9 Å². The van der Waals surface area contributed by atoms with Crippen molar-refractivity contribution in [3.63, 3.8) is 0 Å². The summed E-state index contributed by atoms with van der Waals surface area (Å²) in [5.74, 6) is -0.501. The molecule has 1 aromatic rings. The van der Waals surface area contributed by atoms with Crippen LogP contribution in [0, 0.1) is 17.8 Å². The summed E-state index contributed by atoms with van der Waals surface area (Å²) in [6, 6.07) is 5.04. The first-order valence-electron chi connectivity index (χ1n) is 19.5. The van der Waals surface area contributed by atoms with Crippen molar-refractivity contribution < 1.29 is 29.0 Å². The van der Waals surface area contributed by atoms with E-state index in [2.05, 4.69) is 39.9 Å². The summed E-state index contributed by atoms with van der Waals surface area (Å²) < 4.78 is 5.92. The molecule has 302 valence electrons. The first-order chi connectivity index (χ1) is 24.7. The van der Waals surface area contributed by atoms with Gasteiger partial charge in [0.25, 0.3) is 0 Å². The van der Waals surface area contributed by atoms with Crippen molar-refractivity contribution in [1.29, 1.82) is 0 Å². The number of aromatic hydroxyl groups is 1. The number of nitrogens with zero attached hydrogens (tertiary/aromatic N) is 4. The number of carbonyl (C=O) groups excluding carboxylic acids is 4. The number of anilines is 1. The number of methoxy groups -OCH3 is 1. The maximum Gasteiger partial charge on any atom is 0.245 e. The quantitative estimate of drug-likeness (QED) is 0.175. The Balaban J connectivity index is 2.37. The van der Waals surface area contributed by atoms with Crippen LogP contribution >= 0.6 is 11.8 Å². The molecule has 1 aromatic carbocycles. The molecule has 1 fully saturated rings. The lowest BCUT2D eigenvalue weighted by Crippen LogP contribution is -2.59. The molecule has 7 atom stereocenters. The highest BCUT2D eigenvalue weighted by Gasteiger charge is 2.42. The van der Waals surface area contributed by atoms with Gasteiger partial charge in [0.1, 0.15) is 11.8 Å². The second-order valence-electron chi connectivity index (χ2n) is 16.6. The summed E-state index contributed by atoms with van der Waals surface area (Å²) >= 11 is 1.73. The van der Waals surface area contributed by atoms with Gasteiger partial charge in [-0.2, -0.15) is 0 Å². The highest BCUT2D eigenvalue weighted by atomic mass is 32.2. The van der Waals surface area contributed by atoms with Crippen LogP contribution in [0.1, 0.15) is 101 Å². The molecule has 4 amide bonds. The number of nitrogens with one attached hydrogen (secondary N) is 1. The van der Waals surface area contributed by atoms with Crippen molar-refractivity contribution in [3.05, 3.63) is 24.3 Å². The van der Waals surface area contributed by atoms with E-state index in [-0.39, 0.29) is 82.1 Å². The first-order valence-corrected chi connectivity index (χ1v) is 20.4. The number of phenolic OH excluding ortho intramolecular Hbond substituents is 1. The largest absolute Gasteiger partial charge is 0.508 e. The molecule has 2 N–H and O–H groups in total. The molecule has 2 rings (SSSR count). The molecule has 0 bridgehead atoms. The van der Waals surface area contributed by atoms with Gasteiger partial charge in [-0.25, -0.2) is 0 Å². The molecular weight excluding hydrogens is 691 g/mol. The molecular formula is C41H71N5O6S. The van der Waals surface area contributed by atoms with Crippen LogP contribution < -0.4 is 10.2 Å². The van der Waals surface area contributed by atoms with Crippen LogP contribution in [0.2, 0.25) is 0 Å². The number of hydrogen-bond donors (Lipinski definition) is 2. The van der Waals surface area contributed by atoms with Gasteiger partial charge in [0.05, 0.1) is 24.6 Å². The van der Waals surface area contributed by atoms with Crippen molar-refractivity contribution in [2.45, 2.75) is 142 Å². The number of benzene rings is 1. The average Bonchev–Trinajstić information content (AvgIpc) is 3.55. The minimum Gasteiger partial charge on any atom is -0.508 e. The van der Waals surface area contributed by atoms with E-state index >= 15 is 0 Å². The normalized spacial score (nSPS) is 18.4. The molecule has 0 radical (unpaired) electrons. The number of likely N-dealkylation sites (N-methyl/N-ethyl adjacent to an activating group) is 2. The SMILES string of the molecule is CCC(C)C(C(CC(=O)N1CCCC1C(CC(=O)N(CC)c1cccc(O)c1)SC(C)(C)C)OC)N(C)C(=O)C(NC(=O)C(C(C)C)N(C)C)C(C)C. The minimum atomic E-state index is -0.744. The summed E-state index contributed by atoms with van der Waals surface area (Å²) in [4.78, 5) is 63.2. The molecule has 1 heterocycles. The minimum absolute atomic E-state index is 0.00374. The zero-order valence-electron chi connectivity index (χ0n) is 35.1. The van der Waals surface area contributed by atoms with Crippen LogP contribution in [0.25, 0.3) is 0 Å². The van der Waals surface area contributed by atoms with Crippen LogP contribution in [-0.2, 0) is 23.9 Å². The lowest BCUT2D eigenvalue weighted by molar-refractivity contribution is -0.146.